The fraction of sp³-hybridized carbons (Fsp3) is 0.308. The van der Waals surface area contributed by atoms with E-state index < -0.39 is 0 Å². The van der Waals surface area contributed by atoms with Crippen LogP contribution in [0.1, 0.15) is 23.4 Å². The molecule has 0 bridgehead atoms. The molecule has 0 spiro atoms. The van der Waals surface area contributed by atoms with Gasteiger partial charge < -0.3 is 10.0 Å². The van der Waals surface area contributed by atoms with Gasteiger partial charge in [0.05, 0.1) is 17.5 Å². The highest BCUT2D eigenvalue weighted by Gasteiger charge is 2.18. The third-order valence-electron chi connectivity index (χ3n) is 3.00. The molecule has 0 radical (unpaired) electrons. The third-order valence-corrected chi connectivity index (χ3v) is 4.79. The molecule has 0 fully saturated rings. The average Bonchev–Trinajstić information content (AvgIpc) is 2.78. The molecule has 102 valence electrons. The van der Waals surface area contributed by atoms with Crippen molar-refractivity contribution in [2.24, 2.45) is 0 Å². The van der Waals surface area contributed by atoms with Crippen LogP contribution in [0.4, 0.5) is 5.13 Å². The molecule has 2 aromatic rings. The largest absolute Gasteiger partial charge is 0.391 e. The molecule has 19 heavy (non-hydrogen) atoms. The molecule has 0 aliphatic heterocycles. The van der Waals surface area contributed by atoms with Gasteiger partial charge in [-0.2, -0.15) is 0 Å². The summed E-state index contributed by atoms with van der Waals surface area (Å²) in [5.41, 5.74) is 1.10. The zero-order valence-electron chi connectivity index (χ0n) is 10.6. The Hall–Kier alpha value is -0.810. The number of halogens is 2. The number of aromatic nitrogens is 1. The van der Waals surface area contributed by atoms with E-state index in [0.29, 0.717) is 15.1 Å². The van der Waals surface area contributed by atoms with Crippen molar-refractivity contribution in [1.29, 1.82) is 0 Å². The molecule has 0 saturated carbocycles. The van der Waals surface area contributed by atoms with Crippen molar-refractivity contribution in [3.63, 3.8) is 0 Å². The highest BCUT2D eigenvalue weighted by atomic mass is 35.5. The van der Waals surface area contributed by atoms with Crippen LogP contribution < -0.4 is 4.90 Å². The van der Waals surface area contributed by atoms with Gasteiger partial charge in [0.1, 0.15) is 5.15 Å². The van der Waals surface area contributed by atoms with E-state index in [1.54, 1.807) is 0 Å². The summed E-state index contributed by atoms with van der Waals surface area (Å²) in [5.74, 6) is 0. The van der Waals surface area contributed by atoms with Gasteiger partial charge in [0.2, 0.25) is 0 Å². The van der Waals surface area contributed by atoms with Crippen LogP contribution in [-0.2, 0) is 6.61 Å². The topological polar surface area (TPSA) is 36.4 Å². The smallest absolute Gasteiger partial charge is 0.187 e. The van der Waals surface area contributed by atoms with Gasteiger partial charge in [0, 0.05) is 12.1 Å². The second kappa shape index (κ2) is 6.09. The van der Waals surface area contributed by atoms with Crippen molar-refractivity contribution in [2.75, 3.05) is 11.9 Å². The van der Waals surface area contributed by atoms with E-state index in [-0.39, 0.29) is 12.6 Å². The number of hydrogen-bond donors (Lipinski definition) is 1. The Bertz CT molecular complexity index is 574. The molecular formula is C13H14Cl2N2OS. The van der Waals surface area contributed by atoms with E-state index in [2.05, 4.69) is 11.9 Å². The predicted molar refractivity (Wildman–Crippen MR) is 81.3 cm³/mol. The Balaban J connectivity index is 2.25. The van der Waals surface area contributed by atoms with Crippen molar-refractivity contribution >= 4 is 39.7 Å². The summed E-state index contributed by atoms with van der Waals surface area (Å²) in [6.45, 7) is 1.98. The number of benzene rings is 1. The summed E-state index contributed by atoms with van der Waals surface area (Å²) in [5, 5.41) is 11.0. The van der Waals surface area contributed by atoms with Gasteiger partial charge in [0.15, 0.2) is 5.13 Å². The molecule has 6 heteroatoms. The van der Waals surface area contributed by atoms with E-state index in [0.717, 1.165) is 10.7 Å². The maximum absolute atomic E-state index is 9.16. The minimum absolute atomic E-state index is 0.0874. The minimum atomic E-state index is -0.0874. The van der Waals surface area contributed by atoms with Crippen LogP contribution in [0, 0.1) is 0 Å². The lowest BCUT2D eigenvalue weighted by Crippen LogP contribution is -2.21. The number of rotatable bonds is 4. The monoisotopic (exact) mass is 316 g/mol. The first kappa shape index (κ1) is 14.6. The molecule has 0 aliphatic carbocycles. The van der Waals surface area contributed by atoms with Gasteiger partial charge in [-0.3, -0.25) is 0 Å². The fourth-order valence-corrected chi connectivity index (χ4v) is 3.08. The molecule has 1 aromatic heterocycles. The lowest BCUT2D eigenvalue weighted by molar-refractivity contribution is 0.285. The summed E-state index contributed by atoms with van der Waals surface area (Å²) in [6, 6.07) is 7.85. The molecule has 1 heterocycles. The maximum atomic E-state index is 9.16. The van der Waals surface area contributed by atoms with E-state index >= 15 is 0 Å². The SMILES string of the molecule is CC(c1cccc(Cl)c1)N(C)c1nc(Cl)c(CO)s1. The first-order valence-corrected chi connectivity index (χ1v) is 7.34. The van der Waals surface area contributed by atoms with Gasteiger partial charge in [-0.1, -0.05) is 46.7 Å². The average molecular weight is 317 g/mol. The standard InChI is InChI=1S/C13H14Cl2N2OS/c1-8(9-4-3-5-10(14)6-9)17(2)13-16-12(15)11(7-18)19-13/h3-6,8,18H,7H2,1-2H3. The van der Waals surface area contributed by atoms with Gasteiger partial charge in [-0.05, 0) is 24.6 Å². The molecule has 3 nitrogen and oxygen atoms in total. The van der Waals surface area contributed by atoms with Crippen LogP contribution in [0.25, 0.3) is 0 Å². The highest BCUT2D eigenvalue weighted by Crippen LogP contribution is 2.33. The molecule has 0 aliphatic rings. The van der Waals surface area contributed by atoms with Crippen molar-refractivity contribution < 1.29 is 5.11 Å². The molecule has 1 aromatic carbocycles. The number of anilines is 1. The van der Waals surface area contributed by atoms with Gasteiger partial charge in [0.25, 0.3) is 0 Å². The second-order valence-corrected chi connectivity index (χ2v) is 6.07. The molecule has 0 saturated heterocycles. The molecule has 2 rings (SSSR count). The fourth-order valence-electron chi connectivity index (χ4n) is 1.73. The van der Waals surface area contributed by atoms with Crippen LogP contribution >= 0.6 is 34.5 Å². The third kappa shape index (κ3) is 3.20. The molecule has 0 amide bonds. The summed E-state index contributed by atoms with van der Waals surface area (Å²) >= 11 is 13.4. The van der Waals surface area contributed by atoms with Gasteiger partial charge >= 0.3 is 0 Å². The van der Waals surface area contributed by atoms with Crippen LogP contribution in [0.3, 0.4) is 0 Å². The van der Waals surface area contributed by atoms with Crippen molar-refractivity contribution in [3.05, 3.63) is 44.9 Å². The first-order valence-electron chi connectivity index (χ1n) is 5.77. The van der Waals surface area contributed by atoms with E-state index in [9.17, 15) is 0 Å². The van der Waals surface area contributed by atoms with Crippen molar-refractivity contribution in [1.82, 2.24) is 4.98 Å². The highest BCUT2D eigenvalue weighted by molar-refractivity contribution is 7.16. The summed E-state index contributed by atoms with van der Waals surface area (Å²) in [4.78, 5) is 6.96. The van der Waals surface area contributed by atoms with E-state index in [1.165, 1.54) is 11.3 Å². The Morgan fingerprint density at radius 3 is 2.74 bits per heavy atom. The van der Waals surface area contributed by atoms with Crippen LogP contribution in [0.5, 0.6) is 0 Å². The number of nitrogens with zero attached hydrogens (tertiary/aromatic N) is 2. The Morgan fingerprint density at radius 2 is 2.16 bits per heavy atom. The van der Waals surface area contributed by atoms with E-state index in [4.69, 9.17) is 28.3 Å². The summed E-state index contributed by atoms with van der Waals surface area (Å²) < 4.78 is 0. The normalized spacial score (nSPS) is 12.5. The van der Waals surface area contributed by atoms with Crippen molar-refractivity contribution in [3.8, 4) is 0 Å². The van der Waals surface area contributed by atoms with Gasteiger partial charge in [-0.15, -0.1) is 0 Å². The van der Waals surface area contributed by atoms with Crippen molar-refractivity contribution in [2.45, 2.75) is 19.6 Å². The second-order valence-electron chi connectivity index (χ2n) is 4.21. The van der Waals surface area contributed by atoms with Crippen LogP contribution in [-0.4, -0.2) is 17.1 Å². The molecule has 1 atom stereocenters. The minimum Gasteiger partial charge on any atom is -0.391 e. The van der Waals surface area contributed by atoms with Gasteiger partial charge in [-0.25, -0.2) is 4.98 Å². The predicted octanol–water partition coefficient (Wildman–Crippen LogP) is 4.14. The quantitative estimate of drug-likeness (QED) is 0.921. The number of aliphatic hydroxyl groups excluding tert-OH is 1. The number of aliphatic hydroxyl groups is 1. The number of thiazole rings is 1. The summed E-state index contributed by atoms with van der Waals surface area (Å²) in [7, 11) is 1.95. The zero-order chi connectivity index (χ0) is 14.0. The van der Waals surface area contributed by atoms with Crippen LogP contribution in [0.15, 0.2) is 24.3 Å². The molecule has 1 unspecified atom stereocenters. The summed E-state index contributed by atoms with van der Waals surface area (Å²) in [6.07, 6.45) is 0. The first-order chi connectivity index (χ1) is 9.02. The lowest BCUT2D eigenvalue weighted by Gasteiger charge is -2.24. The Labute approximate surface area is 126 Å². The zero-order valence-corrected chi connectivity index (χ0v) is 12.9. The lowest BCUT2D eigenvalue weighted by atomic mass is 10.1. The molecule has 1 N–H and O–H groups in total. The molecular weight excluding hydrogens is 303 g/mol. The maximum Gasteiger partial charge on any atom is 0.187 e. The Morgan fingerprint density at radius 1 is 1.42 bits per heavy atom. The van der Waals surface area contributed by atoms with E-state index in [1.807, 2.05) is 36.2 Å². The Kier molecular flexibility index (Phi) is 4.68. The van der Waals surface area contributed by atoms with Crippen LogP contribution in [0.2, 0.25) is 10.2 Å². The number of hydrogen-bond acceptors (Lipinski definition) is 4.